The summed E-state index contributed by atoms with van der Waals surface area (Å²) in [5, 5.41) is 5.46. The molecule has 0 aliphatic rings. The van der Waals surface area contributed by atoms with Gasteiger partial charge in [-0.1, -0.05) is 6.07 Å². The Morgan fingerprint density at radius 1 is 1.53 bits per heavy atom. The number of nitrogens with one attached hydrogen (secondary N) is 1. The lowest BCUT2D eigenvalue weighted by molar-refractivity contribution is -0.757. The van der Waals surface area contributed by atoms with Crippen molar-refractivity contribution in [3.63, 3.8) is 0 Å². The van der Waals surface area contributed by atoms with Crippen molar-refractivity contribution in [2.24, 2.45) is 0 Å². The Morgan fingerprint density at radius 3 is 3.00 bits per heavy atom. The van der Waals surface area contributed by atoms with Gasteiger partial charge in [0.2, 0.25) is 5.27 Å². The SMILES string of the molecule is CN(Cc1ccccn1)[n+]1cc([NH-])on1. The summed E-state index contributed by atoms with van der Waals surface area (Å²) in [4.78, 5) is 5.66. The molecule has 0 radical (unpaired) electrons. The Bertz CT molecular complexity index is 427. The van der Waals surface area contributed by atoms with Crippen LogP contribution in [0, 0.1) is 0 Å². The maximum absolute atomic E-state index is 7.20. The highest BCUT2D eigenvalue weighted by atomic mass is 16.5. The van der Waals surface area contributed by atoms with Crippen LogP contribution in [0.5, 0.6) is 0 Å². The fourth-order valence-electron chi connectivity index (χ4n) is 1.20. The zero-order valence-electron chi connectivity index (χ0n) is 8.29. The summed E-state index contributed by atoms with van der Waals surface area (Å²) in [6.45, 7) is 0.609. The van der Waals surface area contributed by atoms with Crippen LogP contribution in [-0.4, -0.2) is 17.3 Å². The van der Waals surface area contributed by atoms with Crippen molar-refractivity contribution in [3.8, 4) is 0 Å². The number of hydrogen-bond donors (Lipinski definition) is 0. The molecule has 0 aromatic carbocycles. The molecule has 0 unspecified atom stereocenters. The predicted molar refractivity (Wildman–Crippen MR) is 52.8 cm³/mol. The standard InChI is InChI=1S/C9H11N5O/c1-13(14-7-9(10)15-12-14)6-8-4-2-3-5-11-8/h2-5,7,10H,6H2,1H3. The number of rotatable bonds is 3. The van der Waals surface area contributed by atoms with Gasteiger partial charge in [0, 0.05) is 6.20 Å². The van der Waals surface area contributed by atoms with Crippen molar-refractivity contribution < 1.29 is 9.31 Å². The minimum absolute atomic E-state index is 0.0304. The number of aromatic nitrogens is 3. The molecular formula is C9H11N5O. The van der Waals surface area contributed by atoms with Crippen LogP contribution >= 0.6 is 0 Å². The van der Waals surface area contributed by atoms with Gasteiger partial charge in [0.1, 0.15) is 12.4 Å². The lowest BCUT2D eigenvalue weighted by atomic mass is 10.3. The highest BCUT2D eigenvalue weighted by Crippen LogP contribution is 2.02. The van der Waals surface area contributed by atoms with E-state index in [1.807, 2.05) is 25.2 Å². The van der Waals surface area contributed by atoms with Crippen LogP contribution in [0.1, 0.15) is 5.69 Å². The van der Waals surface area contributed by atoms with E-state index >= 15 is 0 Å². The number of nitrogens with zero attached hydrogens (tertiary/aromatic N) is 4. The molecule has 78 valence electrons. The molecule has 0 fully saturated rings. The molecule has 0 aliphatic carbocycles. The van der Waals surface area contributed by atoms with E-state index in [0.717, 1.165) is 5.69 Å². The Hall–Kier alpha value is -2.11. The van der Waals surface area contributed by atoms with Crippen LogP contribution in [0.4, 0.5) is 5.88 Å². The molecule has 6 nitrogen and oxygen atoms in total. The summed E-state index contributed by atoms with van der Waals surface area (Å²) >= 11 is 0. The fourth-order valence-corrected chi connectivity index (χ4v) is 1.20. The lowest BCUT2D eigenvalue weighted by Gasteiger charge is -2.06. The van der Waals surface area contributed by atoms with Gasteiger partial charge in [-0.25, -0.2) is 0 Å². The minimum Gasteiger partial charge on any atom is -0.660 e. The molecule has 2 rings (SSSR count). The Kier molecular flexibility index (Phi) is 2.49. The third-order valence-corrected chi connectivity index (χ3v) is 1.92. The van der Waals surface area contributed by atoms with Crippen molar-refractivity contribution in [2.45, 2.75) is 6.54 Å². The third-order valence-electron chi connectivity index (χ3n) is 1.92. The second-order valence-electron chi connectivity index (χ2n) is 3.12. The summed E-state index contributed by atoms with van der Waals surface area (Å²) in [5.74, 6) is 0.0304. The molecule has 2 aromatic heterocycles. The van der Waals surface area contributed by atoms with E-state index in [9.17, 15) is 0 Å². The number of pyridine rings is 1. The van der Waals surface area contributed by atoms with E-state index in [1.54, 1.807) is 11.2 Å². The molecule has 0 spiro atoms. The first kappa shape index (κ1) is 9.45. The van der Waals surface area contributed by atoms with Crippen molar-refractivity contribution in [1.29, 1.82) is 0 Å². The molecule has 0 atom stereocenters. The Labute approximate surface area is 86.9 Å². The smallest absolute Gasteiger partial charge is 0.256 e. The summed E-state index contributed by atoms with van der Waals surface area (Å²) in [6, 6.07) is 5.73. The van der Waals surface area contributed by atoms with E-state index < -0.39 is 0 Å². The molecule has 0 amide bonds. The maximum Gasteiger partial charge on any atom is 0.256 e. The van der Waals surface area contributed by atoms with Crippen LogP contribution in [0.2, 0.25) is 0 Å². The zero-order chi connectivity index (χ0) is 10.7. The van der Waals surface area contributed by atoms with Crippen molar-refractivity contribution in [2.75, 3.05) is 12.1 Å². The first-order valence-electron chi connectivity index (χ1n) is 4.47. The first-order valence-corrected chi connectivity index (χ1v) is 4.47. The minimum atomic E-state index is 0.0304. The highest BCUT2D eigenvalue weighted by Gasteiger charge is 2.13. The van der Waals surface area contributed by atoms with Crippen LogP contribution in [0.15, 0.2) is 35.1 Å². The molecule has 2 aromatic rings. The molecule has 0 saturated carbocycles. The second-order valence-corrected chi connectivity index (χ2v) is 3.12. The quantitative estimate of drug-likeness (QED) is 0.695. The van der Waals surface area contributed by atoms with Crippen molar-refractivity contribution in [1.82, 2.24) is 10.3 Å². The van der Waals surface area contributed by atoms with E-state index in [0.29, 0.717) is 6.54 Å². The van der Waals surface area contributed by atoms with E-state index in [-0.39, 0.29) is 5.88 Å². The molecule has 6 heteroatoms. The predicted octanol–water partition coefficient (Wildman–Crippen LogP) is 0.809. The second kappa shape index (κ2) is 3.95. The van der Waals surface area contributed by atoms with E-state index in [2.05, 4.69) is 14.8 Å². The summed E-state index contributed by atoms with van der Waals surface area (Å²) in [6.07, 6.45) is 3.23. The van der Waals surface area contributed by atoms with Crippen molar-refractivity contribution >= 4 is 5.88 Å². The monoisotopic (exact) mass is 205 g/mol. The molecule has 2 heterocycles. The Morgan fingerprint density at radius 2 is 2.40 bits per heavy atom. The van der Waals surface area contributed by atoms with Gasteiger partial charge >= 0.3 is 0 Å². The van der Waals surface area contributed by atoms with Gasteiger partial charge < -0.3 is 10.3 Å². The van der Waals surface area contributed by atoms with Gasteiger partial charge in [0.25, 0.3) is 6.20 Å². The summed E-state index contributed by atoms with van der Waals surface area (Å²) in [5.41, 5.74) is 8.13. The average Bonchev–Trinajstić information content (AvgIpc) is 2.66. The van der Waals surface area contributed by atoms with Crippen LogP contribution < -0.4 is 9.80 Å². The van der Waals surface area contributed by atoms with Gasteiger partial charge in [-0.2, -0.15) is 5.01 Å². The largest absolute Gasteiger partial charge is 0.660 e. The molecule has 0 bridgehead atoms. The van der Waals surface area contributed by atoms with E-state index in [4.69, 9.17) is 5.73 Å². The molecule has 15 heavy (non-hydrogen) atoms. The van der Waals surface area contributed by atoms with Crippen molar-refractivity contribution in [3.05, 3.63) is 42.0 Å². The summed E-state index contributed by atoms with van der Waals surface area (Å²) in [7, 11) is 1.84. The van der Waals surface area contributed by atoms with Gasteiger partial charge in [0.15, 0.2) is 0 Å². The third kappa shape index (κ3) is 2.22. The average molecular weight is 205 g/mol. The van der Waals surface area contributed by atoms with Crippen LogP contribution in [0.3, 0.4) is 0 Å². The zero-order valence-corrected chi connectivity index (χ0v) is 8.29. The molecular weight excluding hydrogens is 194 g/mol. The number of hydrogen-bond acceptors (Lipinski definition) is 4. The van der Waals surface area contributed by atoms with Crippen LogP contribution in [0.25, 0.3) is 5.73 Å². The summed E-state index contributed by atoms with van der Waals surface area (Å²) < 4.78 is 4.64. The lowest BCUT2D eigenvalue weighted by Crippen LogP contribution is -2.55. The van der Waals surface area contributed by atoms with Gasteiger partial charge in [-0.3, -0.25) is 4.98 Å². The molecule has 0 aliphatic heterocycles. The maximum atomic E-state index is 7.20. The molecule has 1 N–H and O–H groups in total. The Balaban J connectivity index is 2.07. The normalized spacial score (nSPS) is 10.2. The fraction of sp³-hybridized carbons (Fsp3) is 0.222. The van der Waals surface area contributed by atoms with Gasteiger partial charge in [-0.15, -0.1) is 0 Å². The first-order chi connectivity index (χ1) is 7.25. The van der Waals surface area contributed by atoms with Gasteiger partial charge in [0.05, 0.1) is 17.5 Å². The molecule has 0 saturated heterocycles. The van der Waals surface area contributed by atoms with E-state index in [1.165, 1.54) is 11.0 Å². The topological polar surface area (TPSA) is 69.8 Å². The van der Waals surface area contributed by atoms with Crippen LogP contribution in [-0.2, 0) is 6.54 Å². The highest BCUT2D eigenvalue weighted by molar-refractivity contribution is 5.19. The van der Waals surface area contributed by atoms with Gasteiger partial charge in [-0.05, 0) is 12.1 Å².